The molecule has 1 aromatic carbocycles. The van der Waals surface area contributed by atoms with Gasteiger partial charge in [-0.25, -0.2) is 0 Å². The number of ketones is 1. The highest BCUT2D eigenvalue weighted by atomic mass is 16.3. The second-order valence-electron chi connectivity index (χ2n) is 4.89. The van der Waals surface area contributed by atoms with Crippen LogP contribution in [0, 0.1) is 0 Å². The molecule has 0 saturated carbocycles. The summed E-state index contributed by atoms with van der Waals surface area (Å²) in [7, 11) is 0. The van der Waals surface area contributed by atoms with Crippen molar-refractivity contribution < 1.29 is 14.7 Å². The molecule has 1 aromatic rings. The van der Waals surface area contributed by atoms with Crippen molar-refractivity contribution in [2.45, 2.75) is 18.9 Å². The molecule has 1 atom stereocenters. The maximum atomic E-state index is 12.4. The van der Waals surface area contributed by atoms with Crippen LogP contribution in [-0.2, 0) is 11.2 Å². The van der Waals surface area contributed by atoms with Crippen LogP contribution in [0.2, 0.25) is 0 Å². The van der Waals surface area contributed by atoms with Crippen LogP contribution in [0.3, 0.4) is 0 Å². The Morgan fingerprint density at radius 3 is 2.89 bits per heavy atom. The highest BCUT2D eigenvalue weighted by Crippen LogP contribution is 2.30. The van der Waals surface area contributed by atoms with Crippen LogP contribution in [0.1, 0.15) is 22.3 Å². The van der Waals surface area contributed by atoms with E-state index < -0.39 is 0 Å². The number of phenols is 1. The first-order valence-electron chi connectivity index (χ1n) is 5.88. The molecule has 2 aliphatic rings. The van der Waals surface area contributed by atoms with Gasteiger partial charge in [0.1, 0.15) is 5.75 Å². The standard InChI is InChI=1S/C14H13NO3/c1-8-4-12-13(17)5-9-2-3-10(16)6-11(9)14(18)15(12)7-8/h2-3,6,12,16H,1,4-5,7H2/t12-/m0/s1. The van der Waals surface area contributed by atoms with Crippen LogP contribution in [0.15, 0.2) is 30.4 Å². The lowest BCUT2D eigenvalue weighted by atomic mass is 10.00. The zero-order chi connectivity index (χ0) is 12.9. The molecule has 2 aliphatic heterocycles. The molecule has 0 bridgehead atoms. The fourth-order valence-electron chi connectivity index (χ4n) is 2.68. The van der Waals surface area contributed by atoms with E-state index in [0.29, 0.717) is 24.1 Å². The van der Waals surface area contributed by atoms with Gasteiger partial charge >= 0.3 is 0 Å². The van der Waals surface area contributed by atoms with Gasteiger partial charge in [-0.3, -0.25) is 9.59 Å². The molecule has 0 spiro atoms. The predicted molar refractivity (Wildman–Crippen MR) is 65.4 cm³/mol. The van der Waals surface area contributed by atoms with E-state index in [1.807, 2.05) is 0 Å². The summed E-state index contributed by atoms with van der Waals surface area (Å²) in [4.78, 5) is 26.1. The van der Waals surface area contributed by atoms with Crippen LogP contribution in [0.5, 0.6) is 5.75 Å². The predicted octanol–water partition coefficient (Wildman–Crippen LogP) is 1.29. The molecule has 4 heteroatoms. The molecule has 2 heterocycles. The molecular formula is C14H13NO3. The average Bonchev–Trinajstić information content (AvgIpc) is 2.69. The second kappa shape index (κ2) is 3.70. The van der Waals surface area contributed by atoms with Crippen LogP contribution < -0.4 is 0 Å². The normalized spacial score (nSPS) is 22.8. The summed E-state index contributed by atoms with van der Waals surface area (Å²) in [5.74, 6) is -0.0899. The van der Waals surface area contributed by atoms with Crippen molar-refractivity contribution in [3.63, 3.8) is 0 Å². The first-order chi connectivity index (χ1) is 8.56. The summed E-state index contributed by atoms with van der Waals surface area (Å²) in [6.07, 6.45) is 0.806. The fraction of sp³-hybridized carbons (Fsp3) is 0.286. The molecule has 92 valence electrons. The maximum Gasteiger partial charge on any atom is 0.255 e. The second-order valence-corrected chi connectivity index (χ2v) is 4.89. The van der Waals surface area contributed by atoms with Crippen LogP contribution >= 0.6 is 0 Å². The molecule has 3 rings (SSSR count). The molecule has 0 unspecified atom stereocenters. The monoisotopic (exact) mass is 243 g/mol. The number of hydrogen-bond donors (Lipinski definition) is 1. The third kappa shape index (κ3) is 1.53. The number of Topliss-reactive ketones (excluding diaryl/α,β-unsaturated/α-hetero) is 1. The Morgan fingerprint density at radius 2 is 2.11 bits per heavy atom. The molecule has 1 fully saturated rings. The lowest BCUT2D eigenvalue weighted by Gasteiger charge is -2.20. The molecule has 0 radical (unpaired) electrons. The van der Waals surface area contributed by atoms with Gasteiger partial charge in [-0.05, 0) is 24.1 Å². The largest absolute Gasteiger partial charge is 0.508 e. The number of fused-ring (bicyclic) bond motifs is 2. The zero-order valence-corrected chi connectivity index (χ0v) is 9.85. The number of aromatic hydroxyl groups is 1. The summed E-state index contributed by atoms with van der Waals surface area (Å²) in [6, 6.07) is 4.22. The molecule has 1 N–H and O–H groups in total. The number of phenolic OH excluding ortho intramolecular Hbond substituents is 1. The van der Waals surface area contributed by atoms with Gasteiger partial charge in [0, 0.05) is 18.5 Å². The van der Waals surface area contributed by atoms with E-state index >= 15 is 0 Å². The van der Waals surface area contributed by atoms with Gasteiger partial charge in [0.25, 0.3) is 5.91 Å². The van der Waals surface area contributed by atoms with Gasteiger partial charge in [-0.2, -0.15) is 0 Å². The number of benzene rings is 1. The summed E-state index contributed by atoms with van der Waals surface area (Å²) < 4.78 is 0. The quantitative estimate of drug-likeness (QED) is 0.698. The highest BCUT2D eigenvalue weighted by Gasteiger charge is 2.39. The third-order valence-corrected chi connectivity index (χ3v) is 3.57. The summed E-state index contributed by atoms with van der Waals surface area (Å²) in [5.41, 5.74) is 2.04. The van der Waals surface area contributed by atoms with Crippen molar-refractivity contribution >= 4 is 11.7 Å². The van der Waals surface area contributed by atoms with Crippen molar-refractivity contribution in [1.29, 1.82) is 0 Å². The molecule has 4 nitrogen and oxygen atoms in total. The van der Waals surface area contributed by atoms with Crippen molar-refractivity contribution in [2.24, 2.45) is 0 Å². The van der Waals surface area contributed by atoms with Crippen molar-refractivity contribution in [3.05, 3.63) is 41.5 Å². The lowest BCUT2D eigenvalue weighted by Crippen LogP contribution is -2.38. The van der Waals surface area contributed by atoms with Gasteiger partial charge in [0.15, 0.2) is 5.78 Å². The van der Waals surface area contributed by atoms with Crippen molar-refractivity contribution in [1.82, 2.24) is 4.90 Å². The van der Waals surface area contributed by atoms with E-state index in [0.717, 1.165) is 5.57 Å². The number of carbonyl (C=O) groups excluding carboxylic acids is 2. The fourth-order valence-corrected chi connectivity index (χ4v) is 2.68. The number of amides is 1. The Balaban J connectivity index is 2.12. The number of rotatable bonds is 0. The molecule has 1 amide bonds. The van der Waals surface area contributed by atoms with E-state index in [1.165, 1.54) is 12.1 Å². The van der Waals surface area contributed by atoms with Crippen LogP contribution in [0.4, 0.5) is 0 Å². The minimum absolute atomic E-state index is 0.0472. The van der Waals surface area contributed by atoms with Gasteiger partial charge in [0.2, 0.25) is 0 Å². The van der Waals surface area contributed by atoms with E-state index in [1.54, 1.807) is 11.0 Å². The third-order valence-electron chi connectivity index (χ3n) is 3.57. The van der Waals surface area contributed by atoms with Gasteiger partial charge < -0.3 is 10.0 Å². The Labute approximate surface area is 105 Å². The first-order valence-corrected chi connectivity index (χ1v) is 5.88. The molecule has 0 aliphatic carbocycles. The van der Waals surface area contributed by atoms with Gasteiger partial charge in [-0.1, -0.05) is 18.2 Å². The summed E-state index contributed by atoms with van der Waals surface area (Å²) in [6.45, 7) is 4.29. The molecule has 18 heavy (non-hydrogen) atoms. The summed E-state index contributed by atoms with van der Waals surface area (Å²) in [5, 5.41) is 9.48. The van der Waals surface area contributed by atoms with E-state index in [9.17, 15) is 14.7 Å². The smallest absolute Gasteiger partial charge is 0.255 e. The van der Waals surface area contributed by atoms with Crippen molar-refractivity contribution in [2.75, 3.05) is 6.54 Å². The van der Waals surface area contributed by atoms with Gasteiger partial charge in [-0.15, -0.1) is 0 Å². The minimum atomic E-state index is -0.375. The molecular weight excluding hydrogens is 230 g/mol. The van der Waals surface area contributed by atoms with E-state index in [4.69, 9.17) is 0 Å². The molecule has 0 aromatic heterocycles. The lowest BCUT2D eigenvalue weighted by molar-refractivity contribution is -0.121. The number of carbonyl (C=O) groups is 2. The Kier molecular flexibility index (Phi) is 2.26. The average molecular weight is 243 g/mol. The minimum Gasteiger partial charge on any atom is -0.508 e. The molecule has 1 saturated heterocycles. The van der Waals surface area contributed by atoms with Crippen LogP contribution in [0.25, 0.3) is 0 Å². The SMILES string of the molecule is C=C1C[C@H]2C(=O)Cc3ccc(O)cc3C(=O)N2C1. The zero-order valence-electron chi connectivity index (χ0n) is 9.85. The summed E-state index contributed by atoms with van der Waals surface area (Å²) >= 11 is 0. The van der Waals surface area contributed by atoms with Gasteiger partial charge in [0.05, 0.1) is 6.04 Å². The van der Waals surface area contributed by atoms with Crippen LogP contribution in [-0.4, -0.2) is 34.3 Å². The Bertz CT molecular complexity index is 576. The Hall–Kier alpha value is -2.10. The topological polar surface area (TPSA) is 57.6 Å². The number of nitrogens with zero attached hydrogens (tertiary/aromatic N) is 1. The van der Waals surface area contributed by atoms with Crippen molar-refractivity contribution in [3.8, 4) is 5.75 Å². The van der Waals surface area contributed by atoms with E-state index in [-0.39, 0.29) is 29.9 Å². The number of hydrogen-bond acceptors (Lipinski definition) is 3. The Morgan fingerprint density at radius 1 is 1.33 bits per heavy atom. The highest BCUT2D eigenvalue weighted by molar-refractivity contribution is 6.04. The van der Waals surface area contributed by atoms with E-state index in [2.05, 4.69) is 6.58 Å². The first kappa shape index (κ1) is 11.0. The maximum absolute atomic E-state index is 12.4.